The van der Waals surface area contributed by atoms with Crippen LogP contribution < -0.4 is 0 Å². The molecule has 2 N–H and O–H groups in total. The van der Waals surface area contributed by atoms with Crippen LogP contribution in [0.25, 0.3) is 0 Å². The molecule has 0 aromatic carbocycles. The summed E-state index contributed by atoms with van der Waals surface area (Å²) in [5, 5.41) is 19.1. The summed E-state index contributed by atoms with van der Waals surface area (Å²) in [5.74, 6) is 0. The van der Waals surface area contributed by atoms with E-state index in [0.29, 0.717) is 6.04 Å². The molecule has 3 heteroatoms. The standard InChI is InChI=1S/C13H25NO2/c15-12-5-1-3-11(4-2-6-12)14-9-7-13(16)8-10-14/h11-13,15-16H,1-10H2. The van der Waals surface area contributed by atoms with Gasteiger partial charge < -0.3 is 15.1 Å². The number of nitrogens with zero attached hydrogens (tertiary/aromatic N) is 1. The Kier molecular flexibility index (Phi) is 4.62. The molecular formula is C13H25NO2. The van der Waals surface area contributed by atoms with Crippen molar-refractivity contribution in [2.75, 3.05) is 13.1 Å². The topological polar surface area (TPSA) is 43.7 Å². The van der Waals surface area contributed by atoms with Crippen LogP contribution in [-0.4, -0.2) is 46.5 Å². The van der Waals surface area contributed by atoms with Gasteiger partial charge in [-0.15, -0.1) is 0 Å². The smallest absolute Gasteiger partial charge is 0.0564 e. The number of rotatable bonds is 1. The van der Waals surface area contributed by atoms with Crippen molar-refractivity contribution >= 4 is 0 Å². The van der Waals surface area contributed by atoms with E-state index in [4.69, 9.17) is 0 Å². The second-order valence-corrected chi connectivity index (χ2v) is 5.44. The Morgan fingerprint density at radius 2 is 1.19 bits per heavy atom. The maximum Gasteiger partial charge on any atom is 0.0564 e. The van der Waals surface area contributed by atoms with Gasteiger partial charge in [-0.2, -0.15) is 0 Å². The summed E-state index contributed by atoms with van der Waals surface area (Å²) in [6, 6.07) is 0.708. The largest absolute Gasteiger partial charge is 0.393 e. The monoisotopic (exact) mass is 227 g/mol. The predicted octanol–water partition coefficient (Wildman–Crippen LogP) is 1.53. The van der Waals surface area contributed by atoms with Gasteiger partial charge in [0.05, 0.1) is 12.2 Å². The Morgan fingerprint density at radius 3 is 1.75 bits per heavy atom. The van der Waals surface area contributed by atoms with Gasteiger partial charge in [0.15, 0.2) is 0 Å². The first-order valence-electron chi connectivity index (χ1n) is 6.86. The summed E-state index contributed by atoms with van der Waals surface area (Å²) < 4.78 is 0. The first-order valence-corrected chi connectivity index (χ1v) is 6.86. The lowest BCUT2D eigenvalue weighted by Crippen LogP contribution is -2.43. The highest BCUT2D eigenvalue weighted by Gasteiger charge is 2.25. The van der Waals surface area contributed by atoms with Crippen LogP contribution in [0.2, 0.25) is 0 Å². The summed E-state index contributed by atoms with van der Waals surface area (Å²) in [6.45, 7) is 2.13. The molecule has 0 aromatic heterocycles. The SMILES string of the molecule is OC1CCCC(N2CCC(O)CC2)CCC1. The molecule has 0 radical (unpaired) electrons. The summed E-state index contributed by atoms with van der Waals surface area (Å²) >= 11 is 0. The summed E-state index contributed by atoms with van der Waals surface area (Å²) in [6.07, 6.45) is 8.50. The number of hydrogen-bond donors (Lipinski definition) is 2. The molecule has 1 saturated carbocycles. The van der Waals surface area contributed by atoms with Crippen molar-refractivity contribution in [2.45, 2.75) is 69.6 Å². The maximum absolute atomic E-state index is 9.60. The average Bonchev–Trinajstić information content (AvgIpc) is 2.25. The van der Waals surface area contributed by atoms with Gasteiger partial charge in [-0.25, -0.2) is 0 Å². The van der Waals surface area contributed by atoms with E-state index in [-0.39, 0.29) is 12.2 Å². The first kappa shape index (κ1) is 12.3. The fourth-order valence-corrected chi connectivity index (χ4v) is 3.08. The minimum atomic E-state index is -0.0633. The van der Waals surface area contributed by atoms with Gasteiger partial charge in [-0.1, -0.05) is 0 Å². The molecule has 3 nitrogen and oxygen atoms in total. The van der Waals surface area contributed by atoms with Gasteiger partial charge in [0.1, 0.15) is 0 Å². The third-order valence-electron chi connectivity index (χ3n) is 4.16. The molecule has 0 unspecified atom stereocenters. The number of piperidine rings is 1. The predicted molar refractivity (Wildman–Crippen MR) is 64.3 cm³/mol. The van der Waals surface area contributed by atoms with Crippen LogP contribution >= 0.6 is 0 Å². The lowest BCUT2D eigenvalue weighted by Gasteiger charge is -2.37. The lowest BCUT2D eigenvalue weighted by molar-refractivity contribution is 0.0474. The highest BCUT2D eigenvalue weighted by Crippen LogP contribution is 2.24. The van der Waals surface area contributed by atoms with Crippen molar-refractivity contribution in [1.29, 1.82) is 0 Å². The van der Waals surface area contributed by atoms with Gasteiger partial charge >= 0.3 is 0 Å². The van der Waals surface area contributed by atoms with Crippen LogP contribution in [-0.2, 0) is 0 Å². The Balaban J connectivity index is 1.79. The lowest BCUT2D eigenvalue weighted by atomic mass is 9.92. The maximum atomic E-state index is 9.60. The molecular weight excluding hydrogens is 202 g/mol. The molecule has 1 saturated heterocycles. The zero-order chi connectivity index (χ0) is 11.4. The zero-order valence-corrected chi connectivity index (χ0v) is 10.1. The summed E-state index contributed by atoms with van der Waals surface area (Å²) in [5.41, 5.74) is 0. The highest BCUT2D eigenvalue weighted by atomic mass is 16.3. The number of hydrogen-bond acceptors (Lipinski definition) is 3. The average molecular weight is 227 g/mol. The van der Waals surface area contributed by atoms with E-state index >= 15 is 0 Å². The van der Waals surface area contributed by atoms with Crippen molar-refractivity contribution in [2.24, 2.45) is 0 Å². The molecule has 0 amide bonds. The third kappa shape index (κ3) is 3.44. The molecule has 0 spiro atoms. The second-order valence-electron chi connectivity index (χ2n) is 5.44. The molecule has 1 aliphatic heterocycles. The van der Waals surface area contributed by atoms with E-state index in [0.717, 1.165) is 51.6 Å². The van der Waals surface area contributed by atoms with Crippen molar-refractivity contribution in [3.05, 3.63) is 0 Å². The second kappa shape index (κ2) is 5.99. The van der Waals surface area contributed by atoms with Crippen molar-refractivity contribution in [3.8, 4) is 0 Å². The number of aliphatic hydroxyl groups is 2. The van der Waals surface area contributed by atoms with E-state index in [9.17, 15) is 10.2 Å². The van der Waals surface area contributed by atoms with Gasteiger partial charge in [-0.3, -0.25) is 0 Å². The van der Waals surface area contributed by atoms with Gasteiger partial charge in [0.2, 0.25) is 0 Å². The van der Waals surface area contributed by atoms with Crippen LogP contribution in [0, 0.1) is 0 Å². The van der Waals surface area contributed by atoms with Crippen LogP contribution in [0.1, 0.15) is 51.4 Å². The Bertz CT molecular complexity index is 192. The quantitative estimate of drug-likeness (QED) is 0.714. The van der Waals surface area contributed by atoms with Crippen LogP contribution in [0.4, 0.5) is 0 Å². The third-order valence-corrected chi connectivity index (χ3v) is 4.16. The molecule has 1 aliphatic carbocycles. The van der Waals surface area contributed by atoms with Gasteiger partial charge in [-0.05, 0) is 51.4 Å². The van der Waals surface area contributed by atoms with E-state index in [2.05, 4.69) is 4.90 Å². The van der Waals surface area contributed by atoms with Crippen LogP contribution in [0.15, 0.2) is 0 Å². The van der Waals surface area contributed by atoms with Crippen molar-refractivity contribution in [1.82, 2.24) is 4.90 Å². The zero-order valence-electron chi connectivity index (χ0n) is 10.1. The van der Waals surface area contributed by atoms with E-state index in [1.165, 1.54) is 12.8 Å². The number of likely N-dealkylation sites (tertiary alicyclic amines) is 1. The summed E-state index contributed by atoms with van der Waals surface area (Å²) in [4.78, 5) is 2.56. The van der Waals surface area contributed by atoms with E-state index in [1.807, 2.05) is 0 Å². The van der Waals surface area contributed by atoms with Crippen molar-refractivity contribution in [3.63, 3.8) is 0 Å². The van der Waals surface area contributed by atoms with Crippen molar-refractivity contribution < 1.29 is 10.2 Å². The highest BCUT2D eigenvalue weighted by molar-refractivity contribution is 4.80. The normalized spacial score (nSPS) is 35.6. The minimum absolute atomic E-state index is 0.0517. The molecule has 0 atom stereocenters. The van der Waals surface area contributed by atoms with E-state index in [1.54, 1.807) is 0 Å². The molecule has 2 rings (SSSR count). The van der Waals surface area contributed by atoms with Gasteiger partial charge in [0, 0.05) is 19.1 Å². The molecule has 0 bridgehead atoms. The Morgan fingerprint density at radius 1 is 0.688 bits per heavy atom. The van der Waals surface area contributed by atoms with Gasteiger partial charge in [0.25, 0.3) is 0 Å². The van der Waals surface area contributed by atoms with E-state index < -0.39 is 0 Å². The molecule has 0 aromatic rings. The first-order chi connectivity index (χ1) is 7.75. The fraction of sp³-hybridized carbons (Fsp3) is 1.00. The molecule has 1 heterocycles. The molecule has 94 valence electrons. The Labute approximate surface area is 98.5 Å². The minimum Gasteiger partial charge on any atom is -0.393 e. The molecule has 2 fully saturated rings. The van der Waals surface area contributed by atoms with Crippen LogP contribution in [0.3, 0.4) is 0 Å². The molecule has 16 heavy (non-hydrogen) atoms. The fourth-order valence-electron chi connectivity index (χ4n) is 3.08. The van der Waals surface area contributed by atoms with Crippen LogP contribution in [0.5, 0.6) is 0 Å². The Hall–Kier alpha value is -0.120. The number of aliphatic hydroxyl groups excluding tert-OH is 2. The summed E-state index contributed by atoms with van der Waals surface area (Å²) in [7, 11) is 0. The molecule has 2 aliphatic rings.